The average molecular weight is 158 g/mol. The van der Waals surface area contributed by atoms with Crippen LogP contribution in [0.3, 0.4) is 0 Å². The molecule has 0 aliphatic carbocycles. The number of hydrogen-bond donors (Lipinski definition) is 0. The van der Waals surface area contributed by atoms with Crippen LogP contribution in [0.4, 0.5) is 8.78 Å². The third kappa shape index (κ3) is 2.00. The van der Waals surface area contributed by atoms with Gasteiger partial charge >= 0.3 is 0 Å². The van der Waals surface area contributed by atoms with E-state index in [1.54, 1.807) is 0 Å². The Balaban J connectivity index is 2.98. The molecule has 58 valence electrons. The van der Waals surface area contributed by atoms with Crippen LogP contribution in [-0.4, -0.2) is 6.47 Å². The number of rotatable bonds is 2. The largest absolute Gasteiger partial charge is 0.429 e. The summed E-state index contributed by atoms with van der Waals surface area (Å²) in [5.74, 6) is -1.69. The molecule has 0 N–H and O–H groups in total. The first-order valence-corrected chi connectivity index (χ1v) is 2.79. The second-order valence-electron chi connectivity index (χ2n) is 1.82. The molecule has 0 saturated carbocycles. The normalized spacial score (nSPS) is 9.27. The predicted octanol–water partition coefficient (Wildman–Crippen LogP) is 1.50. The van der Waals surface area contributed by atoms with Crippen molar-refractivity contribution in [3.05, 3.63) is 29.8 Å². The molecule has 0 aliphatic rings. The van der Waals surface area contributed by atoms with Crippen molar-refractivity contribution in [2.45, 2.75) is 0 Å². The van der Waals surface area contributed by atoms with Gasteiger partial charge in [0.25, 0.3) is 6.47 Å². The van der Waals surface area contributed by atoms with Gasteiger partial charge in [-0.3, -0.25) is 4.79 Å². The van der Waals surface area contributed by atoms with Crippen molar-refractivity contribution in [1.29, 1.82) is 0 Å². The second kappa shape index (κ2) is 3.09. The lowest BCUT2D eigenvalue weighted by molar-refractivity contribution is -0.120. The highest BCUT2D eigenvalue weighted by molar-refractivity contribution is 5.44. The molecule has 0 atom stereocenters. The van der Waals surface area contributed by atoms with Gasteiger partial charge in [0.05, 0.1) is 0 Å². The average Bonchev–Trinajstić information content (AvgIpc) is 1.85. The summed E-state index contributed by atoms with van der Waals surface area (Å²) in [6.07, 6.45) is 0. The van der Waals surface area contributed by atoms with Gasteiger partial charge in [-0.2, -0.15) is 0 Å². The summed E-state index contributed by atoms with van der Waals surface area (Å²) in [5.41, 5.74) is 0. The van der Waals surface area contributed by atoms with Crippen LogP contribution in [0.25, 0.3) is 0 Å². The van der Waals surface area contributed by atoms with Crippen molar-refractivity contribution in [2.75, 3.05) is 0 Å². The zero-order chi connectivity index (χ0) is 8.27. The molecule has 0 unspecified atom stereocenters. The van der Waals surface area contributed by atoms with Crippen LogP contribution in [-0.2, 0) is 4.79 Å². The molecule has 0 radical (unpaired) electrons. The third-order valence-electron chi connectivity index (χ3n) is 1.02. The highest BCUT2D eigenvalue weighted by Gasteiger charge is 1.99. The minimum Gasteiger partial charge on any atom is -0.429 e. The minimum absolute atomic E-state index is 0.105. The maximum atomic E-state index is 12.3. The molecule has 0 fully saturated rings. The fourth-order valence-electron chi connectivity index (χ4n) is 0.652. The first-order chi connectivity index (χ1) is 5.22. The monoisotopic (exact) mass is 158 g/mol. The Morgan fingerprint density at radius 1 is 1.18 bits per heavy atom. The number of carbonyl (C=O) groups is 1. The van der Waals surface area contributed by atoms with Crippen LogP contribution in [0.15, 0.2) is 18.2 Å². The molecule has 1 aromatic rings. The number of carbonyl (C=O) groups excluding carboxylic acids is 1. The molecule has 1 rings (SSSR count). The summed E-state index contributed by atoms with van der Waals surface area (Å²) in [5, 5.41) is 0. The lowest BCUT2D eigenvalue weighted by atomic mass is 10.3. The van der Waals surface area contributed by atoms with E-state index >= 15 is 0 Å². The van der Waals surface area contributed by atoms with Gasteiger partial charge in [0.15, 0.2) is 0 Å². The summed E-state index contributed by atoms with van der Waals surface area (Å²) < 4.78 is 28.8. The van der Waals surface area contributed by atoms with E-state index in [0.717, 1.165) is 12.1 Å². The predicted molar refractivity (Wildman–Crippen MR) is 33.1 cm³/mol. The molecule has 0 heterocycles. The molecule has 0 amide bonds. The Morgan fingerprint density at radius 3 is 2.18 bits per heavy atom. The number of ether oxygens (including phenoxy) is 1. The maximum absolute atomic E-state index is 12.3. The van der Waals surface area contributed by atoms with E-state index < -0.39 is 11.6 Å². The summed E-state index contributed by atoms with van der Waals surface area (Å²) in [6.45, 7) is 0.105. The molecular weight excluding hydrogens is 154 g/mol. The van der Waals surface area contributed by atoms with E-state index in [0.29, 0.717) is 6.07 Å². The number of hydrogen-bond acceptors (Lipinski definition) is 2. The van der Waals surface area contributed by atoms with E-state index in [-0.39, 0.29) is 12.2 Å². The molecule has 1 aromatic carbocycles. The highest BCUT2D eigenvalue weighted by atomic mass is 19.1. The molecule has 0 saturated heterocycles. The van der Waals surface area contributed by atoms with Crippen molar-refractivity contribution in [3.63, 3.8) is 0 Å². The second-order valence-corrected chi connectivity index (χ2v) is 1.82. The van der Waals surface area contributed by atoms with Crippen molar-refractivity contribution in [3.8, 4) is 5.75 Å². The van der Waals surface area contributed by atoms with Crippen molar-refractivity contribution < 1.29 is 18.3 Å². The Bertz CT molecular complexity index is 253. The first kappa shape index (κ1) is 7.65. The molecule has 4 heteroatoms. The molecule has 2 nitrogen and oxygen atoms in total. The standard InChI is InChI=1S/C7H4F2O2/c8-5-1-6(9)3-7(2-5)11-4-10/h1-4H. The van der Waals surface area contributed by atoms with Crippen molar-refractivity contribution >= 4 is 6.47 Å². The summed E-state index contributed by atoms with van der Waals surface area (Å²) >= 11 is 0. The van der Waals surface area contributed by atoms with Crippen LogP contribution in [0, 0.1) is 11.6 Å². The highest BCUT2D eigenvalue weighted by Crippen LogP contribution is 2.14. The lowest BCUT2D eigenvalue weighted by Gasteiger charge is -1.96. The van der Waals surface area contributed by atoms with Gasteiger partial charge in [-0.25, -0.2) is 8.78 Å². The summed E-state index contributed by atoms with van der Waals surface area (Å²) in [6, 6.07) is 2.52. The topological polar surface area (TPSA) is 26.3 Å². The quantitative estimate of drug-likeness (QED) is 0.609. The van der Waals surface area contributed by atoms with Crippen LogP contribution < -0.4 is 4.74 Å². The summed E-state index contributed by atoms with van der Waals surface area (Å²) in [4.78, 5) is 9.73. The SMILES string of the molecule is O=COc1cc(F)cc(F)c1. The smallest absolute Gasteiger partial charge is 0.298 e. The zero-order valence-corrected chi connectivity index (χ0v) is 5.38. The maximum Gasteiger partial charge on any atom is 0.298 e. The van der Waals surface area contributed by atoms with Crippen LogP contribution in [0.5, 0.6) is 5.75 Å². The molecule has 0 aromatic heterocycles. The first-order valence-electron chi connectivity index (χ1n) is 2.79. The number of halogens is 2. The van der Waals surface area contributed by atoms with Crippen molar-refractivity contribution in [1.82, 2.24) is 0 Å². The van der Waals surface area contributed by atoms with E-state index in [1.165, 1.54) is 0 Å². The molecule has 0 spiro atoms. The summed E-state index contributed by atoms with van der Waals surface area (Å²) in [7, 11) is 0. The van der Waals surface area contributed by atoms with E-state index in [9.17, 15) is 13.6 Å². The van der Waals surface area contributed by atoms with Gasteiger partial charge in [0.1, 0.15) is 17.4 Å². The van der Waals surface area contributed by atoms with Crippen LogP contribution >= 0.6 is 0 Å². The zero-order valence-electron chi connectivity index (χ0n) is 5.38. The van der Waals surface area contributed by atoms with Gasteiger partial charge in [0.2, 0.25) is 0 Å². The molecular formula is C7H4F2O2. The Kier molecular flexibility index (Phi) is 2.15. The fraction of sp³-hybridized carbons (Fsp3) is 0. The third-order valence-corrected chi connectivity index (χ3v) is 1.02. The van der Waals surface area contributed by atoms with Crippen LogP contribution in [0.2, 0.25) is 0 Å². The number of benzene rings is 1. The minimum atomic E-state index is -0.776. The van der Waals surface area contributed by atoms with Crippen LogP contribution in [0.1, 0.15) is 0 Å². The van der Waals surface area contributed by atoms with Gasteiger partial charge < -0.3 is 4.74 Å². The lowest BCUT2D eigenvalue weighted by Crippen LogP contribution is -1.90. The van der Waals surface area contributed by atoms with E-state index in [4.69, 9.17) is 0 Å². The van der Waals surface area contributed by atoms with E-state index in [2.05, 4.69) is 4.74 Å². The van der Waals surface area contributed by atoms with Gasteiger partial charge in [-0.1, -0.05) is 0 Å². The molecule has 0 bridgehead atoms. The van der Waals surface area contributed by atoms with E-state index in [1.807, 2.05) is 0 Å². The Morgan fingerprint density at radius 2 is 1.73 bits per heavy atom. The van der Waals surface area contributed by atoms with Gasteiger partial charge in [0, 0.05) is 18.2 Å². The molecule has 0 aliphatic heterocycles. The van der Waals surface area contributed by atoms with Gasteiger partial charge in [-0.15, -0.1) is 0 Å². The van der Waals surface area contributed by atoms with Gasteiger partial charge in [-0.05, 0) is 0 Å². The van der Waals surface area contributed by atoms with Crippen molar-refractivity contribution in [2.24, 2.45) is 0 Å². The molecule has 11 heavy (non-hydrogen) atoms. The Labute approximate surface area is 61.4 Å². The fourth-order valence-corrected chi connectivity index (χ4v) is 0.652. The Hall–Kier alpha value is -1.45.